The summed E-state index contributed by atoms with van der Waals surface area (Å²) in [7, 11) is 1.64. The molecule has 2 aromatic heterocycles. The fourth-order valence-electron chi connectivity index (χ4n) is 3.13. The molecule has 7 nitrogen and oxygen atoms in total. The Hall–Kier alpha value is -2.67. The molecule has 0 aliphatic rings. The molecule has 2 heterocycles. The maximum absolute atomic E-state index is 12.9. The molecule has 0 fully saturated rings. The maximum atomic E-state index is 12.9. The van der Waals surface area contributed by atoms with Crippen LogP contribution in [0, 0.1) is 0 Å². The number of benzene rings is 1. The molecule has 0 spiro atoms. The van der Waals surface area contributed by atoms with E-state index in [2.05, 4.69) is 4.98 Å². The topological polar surface area (TPSA) is 82.1 Å². The van der Waals surface area contributed by atoms with E-state index in [9.17, 15) is 14.7 Å². The highest BCUT2D eigenvalue weighted by Crippen LogP contribution is 2.10. The van der Waals surface area contributed by atoms with Crippen LogP contribution in [0.1, 0.15) is 31.7 Å². The number of fused-ring (bicyclic) bond motifs is 1. The van der Waals surface area contributed by atoms with Crippen LogP contribution in [0.2, 0.25) is 0 Å². The molecule has 0 saturated carbocycles. The van der Waals surface area contributed by atoms with E-state index >= 15 is 0 Å². The fourth-order valence-corrected chi connectivity index (χ4v) is 3.13. The van der Waals surface area contributed by atoms with Gasteiger partial charge < -0.3 is 9.67 Å². The van der Waals surface area contributed by atoms with Crippen molar-refractivity contribution in [1.82, 2.24) is 18.7 Å². The number of aliphatic hydroxyl groups is 1. The van der Waals surface area contributed by atoms with E-state index in [1.54, 1.807) is 24.9 Å². The van der Waals surface area contributed by atoms with Gasteiger partial charge in [0.05, 0.1) is 12.4 Å². The number of hydrogen-bond acceptors (Lipinski definition) is 4. The van der Waals surface area contributed by atoms with Crippen molar-refractivity contribution in [3.63, 3.8) is 0 Å². The van der Waals surface area contributed by atoms with Gasteiger partial charge in [0.25, 0.3) is 5.56 Å². The lowest BCUT2D eigenvalue weighted by Crippen LogP contribution is -2.39. The maximum Gasteiger partial charge on any atom is 0.332 e. The second kappa shape index (κ2) is 7.70. The molecule has 0 unspecified atom stereocenters. The Morgan fingerprint density at radius 3 is 2.58 bits per heavy atom. The Kier molecular flexibility index (Phi) is 5.37. The zero-order valence-electron chi connectivity index (χ0n) is 15.1. The summed E-state index contributed by atoms with van der Waals surface area (Å²) in [6, 6.07) is 9.82. The Bertz CT molecular complexity index is 999. The molecule has 1 aromatic carbocycles. The molecule has 0 aliphatic heterocycles. The second-order valence-corrected chi connectivity index (χ2v) is 6.67. The van der Waals surface area contributed by atoms with Crippen LogP contribution in [0.5, 0.6) is 0 Å². The molecule has 1 N–H and O–H groups in total. The van der Waals surface area contributed by atoms with E-state index in [4.69, 9.17) is 0 Å². The second-order valence-electron chi connectivity index (χ2n) is 6.67. The van der Waals surface area contributed by atoms with Gasteiger partial charge in [-0.15, -0.1) is 0 Å². The first-order valence-corrected chi connectivity index (χ1v) is 8.85. The molecule has 138 valence electrons. The summed E-state index contributed by atoms with van der Waals surface area (Å²) in [4.78, 5) is 29.7. The lowest BCUT2D eigenvalue weighted by molar-refractivity contribution is 0.180. The summed E-state index contributed by atoms with van der Waals surface area (Å²) in [5.74, 6) is 0. The van der Waals surface area contributed by atoms with Crippen LogP contribution in [0.3, 0.4) is 0 Å². The van der Waals surface area contributed by atoms with Crippen molar-refractivity contribution in [2.75, 3.05) is 0 Å². The van der Waals surface area contributed by atoms with Gasteiger partial charge in [-0.3, -0.25) is 13.9 Å². The molecule has 0 bridgehead atoms. The highest BCUT2D eigenvalue weighted by Gasteiger charge is 2.16. The van der Waals surface area contributed by atoms with Crippen molar-refractivity contribution < 1.29 is 5.11 Å². The van der Waals surface area contributed by atoms with Gasteiger partial charge in [0.1, 0.15) is 0 Å². The predicted octanol–water partition coefficient (Wildman–Crippen LogP) is 1.50. The third kappa shape index (κ3) is 3.62. The van der Waals surface area contributed by atoms with Crippen LogP contribution in [0.25, 0.3) is 11.2 Å². The molecular formula is C19H24N4O3. The number of rotatable bonds is 7. The van der Waals surface area contributed by atoms with Crippen molar-refractivity contribution in [2.45, 2.75) is 45.4 Å². The molecule has 7 heteroatoms. The Morgan fingerprint density at radius 1 is 1.15 bits per heavy atom. The number of aliphatic hydroxyl groups excluding tert-OH is 1. The van der Waals surface area contributed by atoms with Gasteiger partial charge in [-0.25, -0.2) is 9.78 Å². The van der Waals surface area contributed by atoms with Gasteiger partial charge >= 0.3 is 5.69 Å². The molecule has 0 aliphatic carbocycles. The molecule has 3 aromatic rings. The van der Waals surface area contributed by atoms with Crippen molar-refractivity contribution in [3.05, 3.63) is 63.1 Å². The monoisotopic (exact) mass is 356 g/mol. The lowest BCUT2D eigenvalue weighted by Gasteiger charge is -2.10. The first-order chi connectivity index (χ1) is 12.5. The van der Waals surface area contributed by atoms with E-state index < -0.39 is 0 Å². The van der Waals surface area contributed by atoms with Gasteiger partial charge in [0.15, 0.2) is 11.2 Å². The van der Waals surface area contributed by atoms with Crippen molar-refractivity contribution in [3.8, 4) is 0 Å². The predicted molar refractivity (Wildman–Crippen MR) is 100 cm³/mol. The summed E-state index contributed by atoms with van der Waals surface area (Å²) in [5.41, 5.74) is 1.23. The lowest BCUT2D eigenvalue weighted by atomic mass is 10.2. The van der Waals surface area contributed by atoms with Crippen molar-refractivity contribution in [1.29, 1.82) is 0 Å². The largest absolute Gasteiger partial charge is 0.393 e. The van der Waals surface area contributed by atoms with Crippen LogP contribution in [-0.2, 0) is 20.1 Å². The van der Waals surface area contributed by atoms with Crippen LogP contribution < -0.4 is 11.2 Å². The Morgan fingerprint density at radius 2 is 1.88 bits per heavy atom. The first-order valence-electron chi connectivity index (χ1n) is 8.85. The zero-order chi connectivity index (χ0) is 18.7. The minimum atomic E-state index is -0.371. The van der Waals surface area contributed by atoms with Crippen molar-refractivity contribution >= 4 is 11.2 Å². The molecule has 1 atom stereocenters. The first kappa shape index (κ1) is 18.1. The van der Waals surface area contributed by atoms with E-state index in [1.807, 2.05) is 30.3 Å². The number of unbranched alkanes of at least 4 members (excludes halogenated alkanes) is 1. The third-order valence-electron chi connectivity index (χ3n) is 4.55. The molecule has 26 heavy (non-hydrogen) atoms. The van der Waals surface area contributed by atoms with Gasteiger partial charge in [0.2, 0.25) is 0 Å². The van der Waals surface area contributed by atoms with Gasteiger partial charge in [-0.1, -0.05) is 30.3 Å². The SMILES string of the molecule is C[C@H](O)CCCCn1c(=O)c2c(ncn2Cc2ccccc2)n(C)c1=O. The van der Waals surface area contributed by atoms with E-state index in [0.29, 0.717) is 37.1 Å². The quantitative estimate of drug-likeness (QED) is 0.651. The van der Waals surface area contributed by atoms with Crippen LogP contribution >= 0.6 is 0 Å². The number of hydrogen-bond donors (Lipinski definition) is 1. The minimum Gasteiger partial charge on any atom is -0.393 e. The van der Waals surface area contributed by atoms with E-state index in [-0.39, 0.29) is 17.4 Å². The van der Waals surface area contributed by atoms with E-state index in [1.165, 1.54) is 9.13 Å². The Balaban J connectivity index is 1.97. The number of aryl methyl sites for hydroxylation is 1. The zero-order valence-corrected chi connectivity index (χ0v) is 15.1. The highest BCUT2D eigenvalue weighted by atomic mass is 16.3. The van der Waals surface area contributed by atoms with Crippen LogP contribution in [0.15, 0.2) is 46.2 Å². The normalized spacial score (nSPS) is 12.6. The smallest absolute Gasteiger partial charge is 0.332 e. The summed E-state index contributed by atoms with van der Waals surface area (Å²) in [6.07, 6.45) is 3.32. The summed E-state index contributed by atoms with van der Waals surface area (Å²) >= 11 is 0. The molecule has 0 radical (unpaired) electrons. The van der Waals surface area contributed by atoms with Gasteiger partial charge in [-0.2, -0.15) is 0 Å². The van der Waals surface area contributed by atoms with Gasteiger partial charge in [0, 0.05) is 20.1 Å². The molecule has 3 rings (SSSR count). The molecular weight excluding hydrogens is 332 g/mol. The standard InChI is InChI=1S/C19H24N4O3/c1-14(24)8-6-7-11-23-18(25)16-17(21(2)19(23)26)20-13-22(16)12-15-9-4-3-5-10-15/h3-5,9-10,13-14,24H,6-8,11-12H2,1-2H3/t14-/m0/s1. The average Bonchev–Trinajstić information content (AvgIpc) is 3.03. The molecule has 0 saturated heterocycles. The summed E-state index contributed by atoms with van der Waals surface area (Å²) in [5, 5.41) is 9.35. The van der Waals surface area contributed by atoms with Crippen molar-refractivity contribution in [2.24, 2.45) is 7.05 Å². The summed E-state index contributed by atoms with van der Waals surface area (Å²) in [6.45, 7) is 2.59. The Labute approximate surface area is 151 Å². The number of imidazole rings is 1. The van der Waals surface area contributed by atoms with Gasteiger partial charge in [-0.05, 0) is 31.7 Å². The van der Waals surface area contributed by atoms with Crippen LogP contribution in [0.4, 0.5) is 0 Å². The summed E-state index contributed by atoms with van der Waals surface area (Å²) < 4.78 is 4.49. The number of aromatic nitrogens is 4. The average molecular weight is 356 g/mol. The highest BCUT2D eigenvalue weighted by molar-refractivity contribution is 5.70. The van der Waals surface area contributed by atoms with E-state index in [0.717, 1.165) is 12.0 Å². The molecule has 0 amide bonds. The fraction of sp³-hybridized carbons (Fsp3) is 0.421. The van der Waals surface area contributed by atoms with Crippen LogP contribution in [-0.4, -0.2) is 29.9 Å². The minimum absolute atomic E-state index is 0.312. The third-order valence-corrected chi connectivity index (χ3v) is 4.55. The number of nitrogens with zero attached hydrogens (tertiary/aromatic N) is 4.